The van der Waals surface area contributed by atoms with Crippen LogP contribution in [-0.2, 0) is 0 Å². The molecule has 6 heteroatoms. The van der Waals surface area contributed by atoms with E-state index in [2.05, 4.69) is 15.6 Å². The van der Waals surface area contributed by atoms with Crippen LogP contribution < -0.4 is 10.6 Å². The van der Waals surface area contributed by atoms with E-state index in [0.717, 1.165) is 10.9 Å². The number of para-hydroxylation sites is 1. The zero-order valence-corrected chi connectivity index (χ0v) is 12.6. The number of H-pyrrole nitrogens is 1. The number of hydrogen-bond donors (Lipinski definition) is 3. The zero-order chi connectivity index (χ0) is 15.4. The standard InChI is InChI=1S/C16H15N3O2S/c20-15(12-10-19-13-5-2-1-4-11(12)13)17-7-8-18-16(21)14-6-3-9-22-14/h1-6,9-10,19H,7-8H2,(H,17,20)(H,18,21). The number of carbonyl (C=O) groups excluding carboxylic acids is 2. The summed E-state index contributed by atoms with van der Waals surface area (Å²) >= 11 is 1.39. The van der Waals surface area contributed by atoms with Crippen LogP contribution in [0.3, 0.4) is 0 Å². The summed E-state index contributed by atoms with van der Waals surface area (Å²) in [5, 5.41) is 8.33. The van der Waals surface area contributed by atoms with Crippen LogP contribution in [0.1, 0.15) is 20.0 Å². The fourth-order valence-corrected chi connectivity index (χ4v) is 2.84. The van der Waals surface area contributed by atoms with Gasteiger partial charge in [0, 0.05) is 30.2 Å². The molecular formula is C16H15N3O2S. The molecule has 3 N–H and O–H groups in total. The van der Waals surface area contributed by atoms with E-state index in [1.165, 1.54) is 11.3 Å². The van der Waals surface area contributed by atoms with Crippen molar-refractivity contribution in [1.82, 2.24) is 15.6 Å². The van der Waals surface area contributed by atoms with Crippen LogP contribution in [0.25, 0.3) is 10.9 Å². The lowest BCUT2D eigenvalue weighted by Crippen LogP contribution is -2.34. The van der Waals surface area contributed by atoms with E-state index in [0.29, 0.717) is 23.5 Å². The molecule has 3 rings (SSSR count). The van der Waals surface area contributed by atoms with Crippen molar-refractivity contribution in [2.75, 3.05) is 13.1 Å². The van der Waals surface area contributed by atoms with Gasteiger partial charge < -0.3 is 15.6 Å². The van der Waals surface area contributed by atoms with E-state index in [1.807, 2.05) is 35.7 Å². The SMILES string of the molecule is O=C(NCCNC(=O)c1c[nH]c2ccccc12)c1cccs1. The molecule has 0 fully saturated rings. The van der Waals surface area contributed by atoms with Crippen LogP contribution in [0.5, 0.6) is 0 Å². The molecule has 0 aliphatic carbocycles. The first kappa shape index (κ1) is 14.3. The summed E-state index contributed by atoms with van der Waals surface area (Å²) in [6.45, 7) is 0.778. The number of nitrogens with one attached hydrogen (secondary N) is 3. The molecule has 22 heavy (non-hydrogen) atoms. The predicted molar refractivity (Wildman–Crippen MR) is 87.3 cm³/mol. The molecule has 112 valence electrons. The average molecular weight is 313 g/mol. The third kappa shape index (κ3) is 3.01. The summed E-state index contributed by atoms with van der Waals surface area (Å²) in [5.41, 5.74) is 1.54. The van der Waals surface area contributed by atoms with Gasteiger partial charge in [-0.3, -0.25) is 9.59 Å². The number of aromatic amines is 1. The first-order chi connectivity index (χ1) is 10.8. The summed E-state index contributed by atoms with van der Waals surface area (Å²) in [7, 11) is 0. The first-order valence-corrected chi connectivity index (χ1v) is 7.79. The smallest absolute Gasteiger partial charge is 0.261 e. The molecule has 5 nitrogen and oxygen atoms in total. The van der Waals surface area contributed by atoms with Gasteiger partial charge in [0.25, 0.3) is 11.8 Å². The summed E-state index contributed by atoms with van der Waals surface area (Å²) in [4.78, 5) is 27.6. The molecule has 2 aromatic heterocycles. The summed E-state index contributed by atoms with van der Waals surface area (Å²) in [5.74, 6) is -0.265. The Morgan fingerprint density at radius 1 is 1.00 bits per heavy atom. The second-order valence-corrected chi connectivity index (χ2v) is 5.68. The Hall–Kier alpha value is -2.60. The van der Waals surface area contributed by atoms with Crippen molar-refractivity contribution >= 4 is 34.1 Å². The maximum Gasteiger partial charge on any atom is 0.261 e. The normalized spacial score (nSPS) is 10.5. The molecule has 1 aromatic carbocycles. The number of hydrogen-bond acceptors (Lipinski definition) is 3. The van der Waals surface area contributed by atoms with Crippen LogP contribution >= 0.6 is 11.3 Å². The molecule has 0 radical (unpaired) electrons. The molecule has 0 unspecified atom stereocenters. The lowest BCUT2D eigenvalue weighted by molar-refractivity contribution is 0.0930. The van der Waals surface area contributed by atoms with Crippen molar-refractivity contribution in [2.45, 2.75) is 0 Å². The van der Waals surface area contributed by atoms with E-state index in [1.54, 1.807) is 12.3 Å². The van der Waals surface area contributed by atoms with Crippen LogP contribution in [-0.4, -0.2) is 29.9 Å². The quantitative estimate of drug-likeness (QED) is 0.633. The Morgan fingerprint density at radius 3 is 2.55 bits per heavy atom. The molecule has 0 atom stereocenters. The van der Waals surface area contributed by atoms with Crippen LogP contribution in [0.2, 0.25) is 0 Å². The fraction of sp³-hybridized carbons (Fsp3) is 0.125. The van der Waals surface area contributed by atoms with Gasteiger partial charge in [-0.25, -0.2) is 0 Å². The maximum absolute atomic E-state index is 12.2. The molecule has 2 amide bonds. The highest BCUT2D eigenvalue weighted by atomic mass is 32.1. The predicted octanol–water partition coefficient (Wildman–Crippen LogP) is 2.39. The van der Waals surface area contributed by atoms with Crippen LogP contribution in [0.4, 0.5) is 0 Å². The second-order valence-electron chi connectivity index (χ2n) is 4.74. The minimum atomic E-state index is -0.150. The van der Waals surface area contributed by atoms with E-state index in [4.69, 9.17) is 0 Å². The number of thiophene rings is 1. The summed E-state index contributed by atoms with van der Waals surface area (Å²) < 4.78 is 0. The van der Waals surface area contributed by atoms with Gasteiger partial charge in [0.15, 0.2) is 0 Å². The first-order valence-electron chi connectivity index (χ1n) is 6.92. The van der Waals surface area contributed by atoms with Crippen LogP contribution in [0.15, 0.2) is 48.0 Å². The van der Waals surface area contributed by atoms with E-state index in [9.17, 15) is 9.59 Å². The van der Waals surface area contributed by atoms with Crippen molar-refractivity contribution in [3.8, 4) is 0 Å². The second kappa shape index (κ2) is 6.44. The molecule has 3 aromatic rings. The Kier molecular flexibility index (Phi) is 4.20. The number of rotatable bonds is 5. The molecule has 0 saturated carbocycles. The minimum absolute atomic E-state index is 0.114. The van der Waals surface area contributed by atoms with E-state index >= 15 is 0 Å². The topological polar surface area (TPSA) is 74.0 Å². The highest BCUT2D eigenvalue weighted by molar-refractivity contribution is 7.12. The number of amides is 2. The van der Waals surface area contributed by atoms with Gasteiger partial charge >= 0.3 is 0 Å². The number of aromatic nitrogens is 1. The minimum Gasteiger partial charge on any atom is -0.360 e. The van der Waals surface area contributed by atoms with Crippen molar-refractivity contribution in [3.05, 3.63) is 58.4 Å². The number of benzene rings is 1. The molecule has 0 saturated heterocycles. The van der Waals surface area contributed by atoms with Gasteiger partial charge in [-0.05, 0) is 17.5 Å². The lowest BCUT2D eigenvalue weighted by Gasteiger charge is -2.06. The van der Waals surface area contributed by atoms with Gasteiger partial charge in [0.1, 0.15) is 0 Å². The Balaban J connectivity index is 1.51. The third-order valence-electron chi connectivity index (χ3n) is 3.27. The van der Waals surface area contributed by atoms with Gasteiger partial charge in [0.05, 0.1) is 10.4 Å². The number of fused-ring (bicyclic) bond motifs is 1. The molecule has 0 aliphatic rings. The summed E-state index contributed by atoms with van der Waals surface area (Å²) in [6.07, 6.45) is 1.70. The summed E-state index contributed by atoms with van der Waals surface area (Å²) in [6, 6.07) is 11.2. The molecule has 2 heterocycles. The van der Waals surface area contributed by atoms with E-state index < -0.39 is 0 Å². The highest BCUT2D eigenvalue weighted by Gasteiger charge is 2.11. The fourth-order valence-electron chi connectivity index (χ4n) is 2.20. The van der Waals surface area contributed by atoms with Crippen LogP contribution in [0, 0.1) is 0 Å². The Morgan fingerprint density at radius 2 is 1.77 bits per heavy atom. The highest BCUT2D eigenvalue weighted by Crippen LogP contribution is 2.17. The number of carbonyl (C=O) groups is 2. The Labute approximate surface area is 131 Å². The van der Waals surface area contributed by atoms with E-state index in [-0.39, 0.29) is 11.8 Å². The lowest BCUT2D eigenvalue weighted by atomic mass is 10.1. The van der Waals surface area contributed by atoms with Crippen molar-refractivity contribution < 1.29 is 9.59 Å². The van der Waals surface area contributed by atoms with Crippen molar-refractivity contribution in [1.29, 1.82) is 0 Å². The molecular weight excluding hydrogens is 298 g/mol. The van der Waals surface area contributed by atoms with Gasteiger partial charge in [-0.2, -0.15) is 0 Å². The Bertz CT molecular complexity index is 793. The zero-order valence-electron chi connectivity index (χ0n) is 11.8. The average Bonchev–Trinajstić information content (AvgIpc) is 3.20. The molecule has 0 bridgehead atoms. The third-order valence-corrected chi connectivity index (χ3v) is 4.14. The van der Waals surface area contributed by atoms with Gasteiger partial charge in [-0.15, -0.1) is 11.3 Å². The largest absolute Gasteiger partial charge is 0.360 e. The van der Waals surface area contributed by atoms with Crippen molar-refractivity contribution in [2.24, 2.45) is 0 Å². The maximum atomic E-state index is 12.2. The van der Waals surface area contributed by atoms with Gasteiger partial charge in [0.2, 0.25) is 0 Å². The molecule has 0 aliphatic heterocycles. The monoisotopic (exact) mass is 313 g/mol. The van der Waals surface area contributed by atoms with Gasteiger partial charge in [-0.1, -0.05) is 24.3 Å². The van der Waals surface area contributed by atoms with Crippen molar-refractivity contribution in [3.63, 3.8) is 0 Å². The molecule has 0 spiro atoms.